The highest BCUT2D eigenvalue weighted by Gasteiger charge is 2.43. The zero-order chi connectivity index (χ0) is 15.3. The van der Waals surface area contributed by atoms with Crippen LogP contribution in [-0.4, -0.2) is 18.3 Å². The Hall–Kier alpha value is -1.54. The molecule has 1 aromatic rings. The second kappa shape index (κ2) is 4.99. The van der Waals surface area contributed by atoms with E-state index >= 15 is 0 Å². The lowest BCUT2D eigenvalue weighted by Crippen LogP contribution is -2.40. The van der Waals surface area contributed by atoms with Gasteiger partial charge in [0.25, 0.3) is 0 Å². The van der Waals surface area contributed by atoms with Crippen molar-refractivity contribution >= 4 is 5.57 Å². The summed E-state index contributed by atoms with van der Waals surface area (Å²) in [6.45, 7) is 2.26. The molecule has 0 amide bonds. The smallest absolute Gasteiger partial charge is 0.119 e. The van der Waals surface area contributed by atoms with E-state index in [0.717, 1.165) is 44.3 Å². The summed E-state index contributed by atoms with van der Waals surface area (Å²) in [4.78, 5) is 0. The van der Waals surface area contributed by atoms with Crippen LogP contribution in [0.3, 0.4) is 0 Å². The monoisotopic (exact) mass is 296 g/mol. The first-order chi connectivity index (χ1) is 10.6. The van der Waals surface area contributed by atoms with Gasteiger partial charge in [-0.2, -0.15) is 0 Å². The number of methoxy groups -OCH3 is 1. The average Bonchev–Trinajstić information content (AvgIpc) is 2.55. The number of hydrogen-bond acceptors (Lipinski definition) is 2. The number of benzene rings is 1. The molecule has 22 heavy (non-hydrogen) atoms. The van der Waals surface area contributed by atoms with Crippen molar-refractivity contribution in [3.05, 3.63) is 46.5 Å². The second-order valence-electron chi connectivity index (χ2n) is 7.11. The standard InChI is InChI=1S/C20H24O2/c1-20-11-10-16-15-9-7-14(22-2)12-13(15)6-8-17(16)18(20)4-3-5-19(20)21/h4,7,9,12,19,21H,3,5-6,8,10-11H2,1-2H3. The molecular weight excluding hydrogens is 272 g/mol. The molecule has 0 saturated carbocycles. The van der Waals surface area contributed by atoms with E-state index in [-0.39, 0.29) is 11.5 Å². The van der Waals surface area contributed by atoms with E-state index < -0.39 is 0 Å². The molecule has 2 unspecified atom stereocenters. The molecule has 0 spiro atoms. The van der Waals surface area contributed by atoms with Gasteiger partial charge in [0.05, 0.1) is 13.2 Å². The fourth-order valence-corrected chi connectivity index (χ4v) is 4.62. The Morgan fingerprint density at radius 3 is 2.86 bits per heavy atom. The Balaban J connectivity index is 1.83. The van der Waals surface area contributed by atoms with Gasteiger partial charge in [-0.1, -0.05) is 19.1 Å². The molecule has 0 aliphatic heterocycles. The molecule has 3 aliphatic carbocycles. The van der Waals surface area contributed by atoms with Gasteiger partial charge in [-0.25, -0.2) is 0 Å². The van der Waals surface area contributed by atoms with Gasteiger partial charge >= 0.3 is 0 Å². The summed E-state index contributed by atoms with van der Waals surface area (Å²) < 4.78 is 5.37. The van der Waals surface area contributed by atoms with Gasteiger partial charge in [0.1, 0.15) is 5.75 Å². The van der Waals surface area contributed by atoms with Gasteiger partial charge < -0.3 is 9.84 Å². The van der Waals surface area contributed by atoms with Crippen LogP contribution < -0.4 is 4.74 Å². The van der Waals surface area contributed by atoms with E-state index in [4.69, 9.17) is 4.74 Å². The Bertz CT molecular complexity index is 683. The number of hydrogen-bond donors (Lipinski definition) is 1. The number of aliphatic hydroxyl groups excluding tert-OH is 1. The van der Waals surface area contributed by atoms with Crippen molar-refractivity contribution in [3.8, 4) is 5.75 Å². The number of allylic oxidation sites excluding steroid dienone is 3. The van der Waals surface area contributed by atoms with E-state index in [0.29, 0.717) is 0 Å². The van der Waals surface area contributed by atoms with E-state index in [1.165, 1.54) is 27.8 Å². The third-order valence-corrected chi connectivity index (χ3v) is 6.00. The molecule has 0 heterocycles. The third kappa shape index (κ3) is 1.90. The summed E-state index contributed by atoms with van der Waals surface area (Å²) in [5.74, 6) is 0.954. The van der Waals surface area contributed by atoms with Gasteiger partial charge in [0, 0.05) is 5.41 Å². The molecule has 0 bridgehead atoms. The predicted molar refractivity (Wildman–Crippen MR) is 88.9 cm³/mol. The SMILES string of the molecule is COc1ccc2c(c1)CCC1=C2CCC2(C)C1=CCCC2O. The molecule has 0 fully saturated rings. The lowest BCUT2D eigenvalue weighted by molar-refractivity contribution is 0.0432. The lowest BCUT2D eigenvalue weighted by Gasteiger charge is -2.46. The summed E-state index contributed by atoms with van der Waals surface area (Å²) >= 11 is 0. The van der Waals surface area contributed by atoms with Gasteiger partial charge in [-0.3, -0.25) is 0 Å². The molecular formula is C20H24O2. The topological polar surface area (TPSA) is 29.5 Å². The molecule has 2 nitrogen and oxygen atoms in total. The first kappa shape index (κ1) is 14.1. The van der Waals surface area contributed by atoms with Crippen molar-refractivity contribution in [2.45, 2.75) is 51.6 Å². The number of ether oxygens (including phenoxy) is 1. The van der Waals surface area contributed by atoms with E-state index in [9.17, 15) is 5.11 Å². The molecule has 0 saturated heterocycles. The van der Waals surface area contributed by atoms with Crippen LogP contribution in [0.1, 0.15) is 50.2 Å². The minimum Gasteiger partial charge on any atom is -0.497 e. The maximum atomic E-state index is 10.5. The summed E-state index contributed by atoms with van der Waals surface area (Å²) in [6.07, 6.45) is 8.46. The number of aryl methyl sites for hydroxylation is 1. The number of aliphatic hydroxyl groups is 1. The Morgan fingerprint density at radius 2 is 2.05 bits per heavy atom. The summed E-state index contributed by atoms with van der Waals surface area (Å²) in [6, 6.07) is 6.49. The predicted octanol–water partition coefficient (Wildman–Crippen LogP) is 4.28. The van der Waals surface area contributed by atoms with E-state index in [1.807, 2.05) is 0 Å². The zero-order valence-corrected chi connectivity index (χ0v) is 13.5. The zero-order valence-electron chi connectivity index (χ0n) is 13.5. The third-order valence-electron chi connectivity index (χ3n) is 6.00. The first-order valence-corrected chi connectivity index (χ1v) is 8.42. The minimum atomic E-state index is -0.182. The number of rotatable bonds is 1. The maximum absolute atomic E-state index is 10.5. The fourth-order valence-electron chi connectivity index (χ4n) is 4.62. The Kier molecular flexibility index (Phi) is 3.19. The molecule has 116 valence electrons. The maximum Gasteiger partial charge on any atom is 0.119 e. The summed E-state index contributed by atoms with van der Waals surface area (Å²) in [7, 11) is 1.73. The van der Waals surface area contributed by atoms with Crippen LogP contribution in [0, 0.1) is 5.41 Å². The molecule has 1 aromatic carbocycles. The van der Waals surface area contributed by atoms with Crippen molar-refractivity contribution in [3.63, 3.8) is 0 Å². The second-order valence-corrected chi connectivity index (χ2v) is 7.11. The number of fused-ring (bicyclic) bond motifs is 4. The largest absolute Gasteiger partial charge is 0.497 e. The van der Waals surface area contributed by atoms with Gasteiger partial charge in [-0.15, -0.1) is 0 Å². The highest BCUT2D eigenvalue weighted by Crippen LogP contribution is 2.54. The van der Waals surface area contributed by atoms with Crippen LogP contribution in [0.2, 0.25) is 0 Å². The summed E-state index contributed by atoms with van der Waals surface area (Å²) in [5.41, 5.74) is 7.27. The normalized spacial score (nSPS) is 30.1. The van der Waals surface area contributed by atoms with Crippen LogP contribution in [0.25, 0.3) is 5.57 Å². The van der Waals surface area contributed by atoms with Crippen molar-refractivity contribution < 1.29 is 9.84 Å². The highest BCUT2D eigenvalue weighted by atomic mass is 16.5. The summed E-state index contributed by atoms with van der Waals surface area (Å²) in [5, 5.41) is 10.5. The Morgan fingerprint density at radius 1 is 1.18 bits per heavy atom. The fraction of sp³-hybridized carbons (Fsp3) is 0.500. The van der Waals surface area contributed by atoms with Gasteiger partial charge in [0.15, 0.2) is 0 Å². The molecule has 0 radical (unpaired) electrons. The first-order valence-electron chi connectivity index (χ1n) is 8.42. The van der Waals surface area contributed by atoms with Crippen molar-refractivity contribution in [2.75, 3.05) is 7.11 Å². The van der Waals surface area contributed by atoms with Crippen LogP contribution in [0.5, 0.6) is 5.75 Å². The van der Waals surface area contributed by atoms with E-state index in [1.54, 1.807) is 7.11 Å². The van der Waals surface area contributed by atoms with Gasteiger partial charge in [0.2, 0.25) is 0 Å². The average molecular weight is 296 g/mol. The van der Waals surface area contributed by atoms with Crippen LogP contribution in [0.4, 0.5) is 0 Å². The van der Waals surface area contributed by atoms with Crippen molar-refractivity contribution in [1.29, 1.82) is 0 Å². The van der Waals surface area contributed by atoms with E-state index in [2.05, 4.69) is 31.2 Å². The quantitative estimate of drug-likeness (QED) is 0.838. The van der Waals surface area contributed by atoms with Crippen molar-refractivity contribution in [1.82, 2.24) is 0 Å². The lowest BCUT2D eigenvalue weighted by atomic mass is 9.60. The van der Waals surface area contributed by atoms with Crippen molar-refractivity contribution in [2.24, 2.45) is 5.41 Å². The molecule has 4 rings (SSSR count). The van der Waals surface area contributed by atoms with Crippen LogP contribution >= 0.6 is 0 Å². The molecule has 3 aliphatic rings. The molecule has 0 aromatic heterocycles. The van der Waals surface area contributed by atoms with Gasteiger partial charge in [-0.05, 0) is 78.5 Å². The highest BCUT2D eigenvalue weighted by molar-refractivity contribution is 5.79. The molecule has 2 atom stereocenters. The van der Waals surface area contributed by atoms with Crippen LogP contribution in [0.15, 0.2) is 35.4 Å². The van der Waals surface area contributed by atoms with Crippen LogP contribution in [-0.2, 0) is 6.42 Å². The Labute approximate surface area is 132 Å². The molecule has 2 heteroatoms. The molecule has 1 N–H and O–H groups in total. The minimum absolute atomic E-state index is 0.0267.